The summed E-state index contributed by atoms with van der Waals surface area (Å²) in [6.07, 6.45) is 6.91. The summed E-state index contributed by atoms with van der Waals surface area (Å²) >= 11 is 0. The first-order chi connectivity index (χ1) is 15.7. The normalized spacial score (nSPS) is 14.3. The van der Waals surface area contributed by atoms with Crippen LogP contribution < -0.4 is 10.1 Å². The first-order valence-electron chi connectivity index (χ1n) is 11.6. The van der Waals surface area contributed by atoms with Crippen LogP contribution in [0.3, 0.4) is 0 Å². The molecule has 0 atom stereocenters. The van der Waals surface area contributed by atoms with Gasteiger partial charge in [0.25, 0.3) is 5.91 Å². The Morgan fingerprint density at radius 2 is 1.78 bits per heavy atom. The second-order valence-corrected chi connectivity index (χ2v) is 8.24. The molecule has 1 saturated heterocycles. The second-order valence-electron chi connectivity index (χ2n) is 8.24. The smallest absolute Gasteiger partial charge is 0.255 e. The summed E-state index contributed by atoms with van der Waals surface area (Å²) in [5, 5.41) is 7.67. The summed E-state index contributed by atoms with van der Waals surface area (Å²) in [5.74, 6) is 0.644. The van der Waals surface area contributed by atoms with Crippen LogP contribution in [0.1, 0.15) is 43.0 Å². The van der Waals surface area contributed by atoms with Crippen molar-refractivity contribution in [3.8, 4) is 17.0 Å². The molecule has 6 nitrogen and oxygen atoms in total. The molecule has 0 aliphatic carbocycles. The van der Waals surface area contributed by atoms with Gasteiger partial charge in [-0.15, -0.1) is 0 Å². The largest absolute Gasteiger partial charge is 0.492 e. The molecule has 3 aromatic rings. The number of nitrogens with zero attached hydrogens (tertiary/aromatic N) is 3. The SMILES string of the molecule is CCCn1ccc(-c2ccccc2NC(=O)c2ccc(OCCN3CCCCC3)cc2)n1. The highest BCUT2D eigenvalue weighted by Crippen LogP contribution is 2.27. The van der Waals surface area contributed by atoms with Gasteiger partial charge in [0.2, 0.25) is 0 Å². The third kappa shape index (κ3) is 5.77. The van der Waals surface area contributed by atoms with E-state index in [0.717, 1.165) is 42.2 Å². The number of benzene rings is 2. The molecule has 0 bridgehead atoms. The van der Waals surface area contributed by atoms with Crippen LogP contribution in [-0.4, -0.2) is 46.8 Å². The third-order valence-electron chi connectivity index (χ3n) is 5.79. The number of hydrogen-bond donors (Lipinski definition) is 1. The maximum Gasteiger partial charge on any atom is 0.255 e. The van der Waals surface area contributed by atoms with Gasteiger partial charge in [-0.3, -0.25) is 14.4 Å². The van der Waals surface area contributed by atoms with Gasteiger partial charge in [-0.1, -0.05) is 31.5 Å². The summed E-state index contributed by atoms with van der Waals surface area (Å²) in [4.78, 5) is 15.3. The average molecular weight is 433 g/mol. The van der Waals surface area contributed by atoms with Crippen LogP contribution in [0.15, 0.2) is 60.8 Å². The number of carbonyl (C=O) groups excluding carboxylic acids is 1. The fourth-order valence-electron chi connectivity index (χ4n) is 4.05. The van der Waals surface area contributed by atoms with Crippen molar-refractivity contribution >= 4 is 11.6 Å². The van der Waals surface area contributed by atoms with Gasteiger partial charge in [-0.25, -0.2) is 0 Å². The molecular formula is C26H32N4O2. The first kappa shape index (κ1) is 22.1. The van der Waals surface area contributed by atoms with Crippen molar-refractivity contribution < 1.29 is 9.53 Å². The molecule has 0 unspecified atom stereocenters. The van der Waals surface area contributed by atoms with E-state index in [9.17, 15) is 4.79 Å². The van der Waals surface area contributed by atoms with Crippen LogP contribution in [0, 0.1) is 0 Å². The first-order valence-corrected chi connectivity index (χ1v) is 11.6. The van der Waals surface area contributed by atoms with Crippen LogP contribution in [0.4, 0.5) is 5.69 Å². The Hall–Kier alpha value is -3.12. The molecule has 1 aromatic heterocycles. The molecule has 4 rings (SSSR count). The molecule has 1 N–H and O–H groups in total. The highest BCUT2D eigenvalue weighted by atomic mass is 16.5. The van der Waals surface area contributed by atoms with E-state index in [0.29, 0.717) is 12.2 Å². The van der Waals surface area contributed by atoms with Crippen molar-refractivity contribution in [2.45, 2.75) is 39.2 Å². The molecule has 32 heavy (non-hydrogen) atoms. The maximum absolute atomic E-state index is 12.9. The highest BCUT2D eigenvalue weighted by molar-refractivity contribution is 6.06. The topological polar surface area (TPSA) is 59.4 Å². The molecule has 1 fully saturated rings. The van der Waals surface area contributed by atoms with Crippen LogP contribution in [0.25, 0.3) is 11.3 Å². The zero-order valence-corrected chi connectivity index (χ0v) is 18.8. The monoisotopic (exact) mass is 432 g/mol. The zero-order chi connectivity index (χ0) is 22.2. The van der Waals surface area contributed by atoms with Crippen molar-refractivity contribution in [2.75, 3.05) is 31.6 Å². The standard InChI is InChI=1S/C26H32N4O2/c1-2-15-30-18-14-25(28-30)23-8-4-5-9-24(23)27-26(31)21-10-12-22(13-11-21)32-20-19-29-16-6-3-7-17-29/h4-5,8-14,18H,2-3,6-7,15-17,19-20H2,1H3,(H,27,31). The minimum Gasteiger partial charge on any atom is -0.492 e. The van der Waals surface area contributed by atoms with Gasteiger partial charge in [0, 0.05) is 30.4 Å². The number of anilines is 1. The van der Waals surface area contributed by atoms with Gasteiger partial charge >= 0.3 is 0 Å². The van der Waals surface area contributed by atoms with Crippen LogP contribution in [0.5, 0.6) is 5.75 Å². The lowest BCUT2D eigenvalue weighted by molar-refractivity contribution is 0.102. The Morgan fingerprint density at radius 1 is 1.00 bits per heavy atom. The highest BCUT2D eigenvalue weighted by Gasteiger charge is 2.13. The summed E-state index contributed by atoms with van der Waals surface area (Å²) < 4.78 is 7.81. The number of likely N-dealkylation sites (tertiary alicyclic amines) is 1. The lowest BCUT2D eigenvalue weighted by Gasteiger charge is -2.26. The average Bonchev–Trinajstić information content (AvgIpc) is 3.29. The predicted molar refractivity (Wildman–Crippen MR) is 128 cm³/mol. The lowest BCUT2D eigenvalue weighted by atomic mass is 10.1. The van der Waals surface area contributed by atoms with Crippen molar-refractivity contribution in [3.05, 3.63) is 66.4 Å². The fourth-order valence-corrected chi connectivity index (χ4v) is 4.05. The van der Waals surface area contributed by atoms with Crippen molar-refractivity contribution in [2.24, 2.45) is 0 Å². The van der Waals surface area contributed by atoms with E-state index in [-0.39, 0.29) is 5.91 Å². The minimum atomic E-state index is -0.148. The molecule has 2 aromatic carbocycles. The number of ether oxygens (including phenoxy) is 1. The predicted octanol–water partition coefficient (Wildman–Crippen LogP) is 5.08. The Kier molecular flexibility index (Phi) is 7.56. The van der Waals surface area contributed by atoms with E-state index in [1.807, 2.05) is 65.5 Å². The van der Waals surface area contributed by atoms with E-state index in [4.69, 9.17) is 4.74 Å². The molecule has 1 aliphatic rings. The van der Waals surface area contributed by atoms with Gasteiger partial charge in [-0.05, 0) is 68.8 Å². The Balaban J connectivity index is 1.35. The van der Waals surface area contributed by atoms with Gasteiger partial charge < -0.3 is 10.1 Å². The lowest BCUT2D eigenvalue weighted by Crippen LogP contribution is -2.33. The number of nitrogens with one attached hydrogen (secondary N) is 1. The van der Waals surface area contributed by atoms with Crippen molar-refractivity contribution in [3.63, 3.8) is 0 Å². The van der Waals surface area contributed by atoms with E-state index >= 15 is 0 Å². The molecular weight excluding hydrogens is 400 g/mol. The van der Waals surface area contributed by atoms with Crippen LogP contribution in [-0.2, 0) is 6.54 Å². The fraction of sp³-hybridized carbons (Fsp3) is 0.385. The Morgan fingerprint density at radius 3 is 2.56 bits per heavy atom. The van der Waals surface area contributed by atoms with E-state index in [2.05, 4.69) is 22.2 Å². The number of rotatable bonds is 9. The number of amides is 1. The summed E-state index contributed by atoms with van der Waals surface area (Å²) in [7, 11) is 0. The molecule has 0 saturated carbocycles. The molecule has 168 valence electrons. The molecule has 0 spiro atoms. The Bertz CT molecular complexity index is 1010. The second kappa shape index (κ2) is 11.0. The van der Waals surface area contributed by atoms with Crippen molar-refractivity contribution in [1.29, 1.82) is 0 Å². The molecule has 1 amide bonds. The minimum absolute atomic E-state index is 0.148. The molecule has 6 heteroatoms. The third-order valence-corrected chi connectivity index (χ3v) is 5.79. The summed E-state index contributed by atoms with van der Waals surface area (Å²) in [6.45, 7) is 6.96. The number of para-hydroxylation sites is 1. The quantitative estimate of drug-likeness (QED) is 0.512. The van der Waals surface area contributed by atoms with Gasteiger partial charge in [0.05, 0.1) is 11.4 Å². The van der Waals surface area contributed by atoms with Crippen LogP contribution >= 0.6 is 0 Å². The summed E-state index contributed by atoms with van der Waals surface area (Å²) in [5.41, 5.74) is 3.11. The van der Waals surface area contributed by atoms with E-state index in [1.54, 1.807) is 0 Å². The van der Waals surface area contributed by atoms with Crippen molar-refractivity contribution in [1.82, 2.24) is 14.7 Å². The maximum atomic E-state index is 12.9. The number of aromatic nitrogens is 2. The van der Waals surface area contributed by atoms with E-state index < -0.39 is 0 Å². The zero-order valence-electron chi connectivity index (χ0n) is 18.8. The number of piperidine rings is 1. The number of hydrogen-bond acceptors (Lipinski definition) is 4. The summed E-state index contributed by atoms with van der Waals surface area (Å²) in [6, 6.07) is 17.1. The molecule has 1 aliphatic heterocycles. The van der Waals surface area contributed by atoms with Gasteiger partial charge in [0.15, 0.2) is 0 Å². The Labute approximate surface area is 190 Å². The van der Waals surface area contributed by atoms with E-state index in [1.165, 1.54) is 32.4 Å². The van der Waals surface area contributed by atoms with Gasteiger partial charge in [-0.2, -0.15) is 5.10 Å². The number of carbonyl (C=O) groups is 1. The number of aryl methyl sites for hydroxylation is 1. The van der Waals surface area contributed by atoms with Crippen LogP contribution in [0.2, 0.25) is 0 Å². The molecule has 0 radical (unpaired) electrons. The van der Waals surface area contributed by atoms with Gasteiger partial charge in [0.1, 0.15) is 12.4 Å². The molecule has 2 heterocycles.